The quantitative estimate of drug-likeness (QED) is 0.408. The minimum absolute atomic E-state index is 0.0546. The number of nitrogens with zero attached hydrogens (tertiary/aromatic N) is 4. The molecule has 1 fully saturated rings. The molecule has 180 valence electrons. The molecule has 1 saturated heterocycles. The van der Waals surface area contributed by atoms with Crippen LogP contribution in [0.2, 0.25) is 0 Å². The molecular weight excluding hydrogens is 468 g/mol. The van der Waals surface area contributed by atoms with Gasteiger partial charge in [-0.25, -0.2) is 13.1 Å². The monoisotopic (exact) mass is 492 g/mol. The molecule has 1 aromatic carbocycles. The summed E-state index contributed by atoms with van der Waals surface area (Å²) in [5.74, 6) is -0.415. The third-order valence-corrected chi connectivity index (χ3v) is 7.59. The number of hydrogen-bond donors (Lipinski definition) is 2. The standard InChI is InChI=1S/C24H24N6O4S/c31-24(22-14-21(16-26-22)35(32,33)29-10-12-34-13-11-29)27-15-19-17-30(20-4-2-1-3-5-20)28-23(19)18-6-8-25-9-7-18/h1-9,14,16-17,26H,10-13,15H2,(H,27,31). The predicted molar refractivity (Wildman–Crippen MR) is 128 cm³/mol. The van der Waals surface area contributed by atoms with E-state index in [-0.39, 0.29) is 30.2 Å². The fraction of sp³-hybridized carbons (Fsp3) is 0.208. The van der Waals surface area contributed by atoms with Gasteiger partial charge in [0.2, 0.25) is 10.0 Å². The zero-order valence-corrected chi connectivity index (χ0v) is 19.6. The summed E-state index contributed by atoms with van der Waals surface area (Å²) >= 11 is 0. The molecule has 4 heterocycles. The molecule has 1 aliphatic heterocycles. The van der Waals surface area contributed by atoms with Gasteiger partial charge in [-0.2, -0.15) is 9.40 Å². The number of pyridine rings is 1. The van der Waals surface area contributed by atoms with Crippen molar-refractivity contribution in [3.05, 3.63) is 84.6 Å². The fourth-order valence-electron chi connectivity index (χ4n) is 3.87. The van der Waals surface area contributed by atoms with Crippen molar-refractivity contribution in [2.75, 3.05) is 26.3 Å². The average Bonchev–Trinajstić information content (AvgIpc) is 3.58. The number of morpholine rings is 1. The maximum Gasteiger partial charge on any atom is 0.268 e. The number of benzene rings is 1. The number of aromatic amines is 1. The van der Waals surface area contributed by atoms with Crippen molar-refractivity contribution in [3.63, 3.8) is 0 Å². The first-order valence-corrected chi connectivity index (χ1v) is 12.6. The highest BCUT2D eigenvalue weighted by molar-refractivity contribution is 7.89. The lowest BCUT2D eigenvalue weighted by atomic mass is 10.1. The van der Waals surface area contributed by atoms with Gasteiger partial charge in [-0.15, -0.1) is 0 Å². The highest BCUT2D eigenvalue weighted by Gasteiger charge is 2.28. The molecule has 0 radical (unpaired) electrons. The highest BCUT2D eigenvalue weighted by Crippen LogP contribution is 2.23. The van der Waals surface area contributed by atoms with Gasteiger partial charge in [0.25, 0.3) is 5.91 Å². The van der Waals surface area contributed by atoms with Crippen molar-refractivity contribution < 1.29 is 17.9 Å². The van der Waals surface area contributed by atoms with Crippen LogP contribution in [0.25, 0.3) is 16.9 Å². The third-order valence-electron chi connectivity index (χ3n) is 5.71. The molecule has 0 unspecified atom stereocenters. The molecule has 11 heteroatoms. The van der Waals surface area contributed by atoms with Crippen LogP contribution in [0, 0.1) is 0 Å². The normalized spacial score (nSPS) is 14.6. The van der Waals surface area contributed by atoms with Crippen LogP contribution in [0.1, 0.15) is 16.1 Å². The lowest BCUT2D eigenvalue weighted by Crippen LogP contribution is -2.40. The first kappa shape index (κ1) is 23.0. The summed E-state index contributed by atoms with van der Waals surface area (Å²) in [7, 11) is -3.69. The highest BCUT2D eigenvalue weighted by atomic mass is 32.2. The molecule has 5 rings (SSSR count). The molecular formula is C24H24N6O4S. The van der Waals surface area contributed by atoms with Gasteiger partial charge < -0.3 is 15.0 Å². The van der Waals surface area contributed by atoms with Crippen molar-refractivity contribution in [2.45, 2.75) is 11.4 Å². The van der Waals surface area contributed by atoms with Crippen LogP contribution < -0.4 is 5.32 Å². The van der Waals surface area contributed by atoms with Gasteiger partial charge in [0.1, 0.15) is 10.6 Å². The van der Waals surface area contributed by atoms with Crippen molar-refractivity contribution in [1.29, 1.82) is 0 Å². The fourth-order valence-corrected chi connectivity index (χ4v) is 5.27. The summed E-state index contributed by atoms with van der Waals surface area (Å²) in [4.78, 5) is 19.8. The van der Waals surface area contributed by atoms with E-state index in [0.29, 0.717) is 13.2 Å². The van der Waals surface area contributed by atoms with Gasteiger partial charge in [-0.1, -0.05) is 18.2 Å². The first-order valence-electron chi connectivity index (χ1n) is 11.1. The van der Waals surface area contributed by atoms with Crippen LogP contribution >= 0.6 is 0 Å². The van der Waals surface area contributed by atoms with Crippen LogP contribution in [-0.2, 0) is 21.3 Å². The van der Waals surface area contributed by atoms with Crippen molar-refractivity contribution in [3.8, 4) is 16.9 Å². The van der Waals surface area contributed by atoms with E-state index in [4.69, 9.17) is 9.84 Å². The van der Waals surface area contributed by atoms with E-state index in [1.807, 2.05) is 48.7 Å². The van der Waals surface area contributed by atoms with Crippen molar-refractivity contribution in [2.24, 2.45) is 0 Å². The number of carbonyl (C=O) groups excluding carboxylic acids is 1. The number of hydrogen-bond acceptors (Lipinski definition) is 6. The van der Waals surface area contributed by atoms with Gasteiger partial charge in [-0.05, 0) is 30.3 Å². The second-order valence-electron chi connectivity index (χ2n) is 7.97. The minimum atomic E-state index is -3.69. The number of sulfonamides is 1. The zero-order valence-electron chi connectivity index (χ0n) is 18.8. The number of H-pyrrole nitrogens is 1. The lowest BCUT2D eigenvalue weighted by molar-refractivity contribution is 0.0730. The number of amides is 1. The molecule has 0 bridgehead atoms. The average molecular weight is 493 g/mol. The van der Waals surface area contributed by atoms with Crippen molar-refractivity contribution >= 4 is 15.9 Å². The number of rotatable bonds is 7. The maximum absolute atomic E-state index is 12.9. The largest absolute Gasteiger partial charge is 0.379 e. The van der Waals surface area contributed by atoms with Gasteiger partial charge in [0, 0.05) is 55.5 Å². The van der Waals surface area contributed by atoms with E-state index in [1.165, 1.54) is 16.6 Å². The van der Waals surface area contributed by atoms with E-state index in [0.717, 1.165) is 22.5 Å². The molecule has 3 aromatic heterocycles. The molecule has 0 saturated carbocycles. The van der Waals surface area contributed by atoms with Gasteiger partial charge in [0.05, 0.1) is 24.6 Å². The zero-order chi connectivity index (χ0) is 24.3. The molecule has 0 atom stereocenters. The Morgan fingerprint density at radius 2 is 1.83 bits per heavy atom. The second-order valence-corrected chi connectivity index (χ2v) is 9.91. The van der Waals surface area contributed by atoms with Crippen molar-refractivity contribution in [1.82, 2.24) is 29.4 Å². The number of para-hydroxylation sites is 1. The Hall–Kier alpha value is -3.80. The molecule has 4 aromatic rings. The molecule has 35 heavy (non-hydrogen) atoms. The number of carbonyl (C=O) groups is 1. The SMILES string of the molecule is O=C(NCc1cn(-c2ccccc2)nc1-c1ccncc1)c1cc(S(=O)(=O)N2CCOCC2)c[nH]1. The first-order chi connectivity index (χ1) is 17.0. The number of ether oxygens (including phenoxy) is 1. The van der Waals surface area contributed by atoms with Crippen LogP contribution in [-0.4, -0.2) is 64.7 Å². The summed E-state index contributed by atoms with van der Waals surface area (Å²) in [6, 6.07) is 14.8. The Balaban J connectivity index is 1.35. The Morgan fingerprint density at radius 3 is 2.57 bits per heavy atom. The minimum Gasteiger partial charge on any atom is -0.379 e. The van der Waals surface area contributed by atoms with Gasteiger partial charge in [0.15, 0.2) is 0 Å². The second kappa shape index (κ2) is 9.82. The Bertz CT molecular complexity index is 1410. The summed E-state index contributed by atoms with van der Waals surface area (Å²) in [6.07, 6.45) is 6.59. The molecule has 0 aliphatic carbocycles. The molecule has 1 amide bonds. The third kappa shape index (κ3) is 4.87. The van der Waals surface area contributed by atoms with Crippen LogP contribution in [0.5, 0.6) is 0 Å². The molecule has 0 spiro atoms. The molecule has 2 N–H and O–H groups in total. The molecule has 10 nitrogen and oxygen atoms in total. The Labute approximate surface area is 202 Å². The van der Waals surface area contributed by atoms with E-state index < -0.39 is 15.9 Å². The smallest absolute Gasteiger partial charge is 0.268 e. The Kier molecular flexibility index (Phi) is 6.45. The van der Waals surface area contributed by atoms with E-state index in [9.17, 15) is 13.2 Å². The van der Waals surface area contributed by atoms with Crippen LogP contribution in [0.15, 0.2) is 78.2 Å². The van der Waals surface area contributed by atoms with Crippen LogP contribution in [0.3, 0.4) is 0 Å². The summed E-state index contributed by atoms with van der Waals surface area (Å²) < 4.78 is 34.0. The van der Waals surface area contributed by atoms with E-state index in [2.05, 4.69) is 15.3 Å². The number of nitrogens with one attached hydrogen (secondary N) is 2. The topological polar surface area (TPSA) is 122 Å². The maximum atomic E-state index is 12.9. The predicted octanol–water partition coefficient (Wildman–Crippen LogP) is 2.21. The van der Waals surface area contributed by atoms with E-state index >= 15 is 0 Å². The summed E-state index contributed by atoms with van der Waals surface area (Å²) in [5, 5.41) is 7.59. The molecule has 1 aliphatic rings. The van der Waals surface area contributed by atoms with Gasteiger partial charge in [-0.3, -0.25) is 9.78 Å². The summed E-state index contributed by atoms with van der Waals surface area (Å²) in [6.45, 7) is 1.49. The Morgan fingerprint density at radius 1 is 1.09 bits per heavy atom. The summed E-state index contributed by atoms with van der Waals surface area (Å²) in [5.41, 5.74) is 3.46. The van der Waals surface area contributed by atoms with Crippen LogP contribution in [0.4, 0.5) is 0 Å². The van der Waals surface area contributed by atoms with E-state index in [1.54, 1.807) is 17.1 Å². The number of aromatic nitrogens is 4. The van der Waals surface area contributed by atoms with Gasteiger partial charge >= 0.3 is 0 Å². The lowest BCUT2D eigenvalue weighted by Gasteiger charge is -2.25.